The van der Waals surface area contributed by atoms with E-state index in [-0.39, 0.29) is 41.9 Å². The van der Waals surface area contributed by atoms with Gasteiger partial charge in [0, 0.05) is 13.0 Å². The molecular formula is C15H18N4O4S. The van der Waals surface area contributed by atoms with Gasteiger partial charge in [-0.2, -0.15) is 0 Å². The lowest BCUT2D eigenvalue weighted by atomic mass is 10.1. The van der Waals surface area contributed by atoms with Crippen LogP contribution in [0.1, 0.15) is 12.8 Å². The van der Waals surface area contributed by atoms with Crippen molar-refractivity contribution in [1.82, 2.24) is 20.3 Å². The Balaban J connectivity index is 1.55. The summed E-state index contributed by atoms with van der Waals surface area (Å²) in [6.45, 7) is 0.474. The summed E-state index contributed by atoms with van der Waals surface area (Å²) in [7, 11) is -2.94. The van der Waals surface area contributed by atoms with Gasteiger partial charge in [-0.15, -0.1) is 5.10 Å². The number of benzene rings is 1. The number of nitrogens with one attached hydrogen (secondary N) is 1. The van der Waals surface area contributed by atoms with Crippen LogP contribution in [0.2, 0.25) is 0 Å². The number of aryl methyl sites for hydroxylation is 1. The summed E-state index contributed by atoms with van der Waals surface area (Å²) in [5.41, 5.74) is 0.237. The zero-order valence-corrected chi connectivity index (χ0v) is 13.8. The maximum absolute atomic E-state index is 12.2. The number of fused-ring (bicyclic) bond motifs is 1. The van der Waals surface area contributed by atoms with E-state index in [1.807, 2.05) is 0 Å². The smallest absolute Gasteiger partial charge is 0.277 e. The van der Waals surface area contributed by atoms with E-state index in [0.29, 0.717) is 23.9 Å². The molecule has 0 unspecified atom stereocenters. The van der Waals surface area contributed by atoms with E-state index in [4.69, 9.17) is 0 Å². The first-order chi connectivity index (χ1) is 11.4. The molecule has 2 aromatic rings. The van der Waals surface area contributed by atoms with Gasteiger partial charge in [-0.05, 0) is 24.5 Å². The van der Waals surface area contributed by atoms with Gasteiger partial charge < -0.3 is 5.32 Å². The molecule has 1 aromatic carbocycles. The monoisotopic (exact) mass is 350 g/mol. The van der Waals surface area contributed by atoms with E-state index in [9.17, 15) is 18.0 Å². The molecule has 1 saturated heterocycles. The SMILES string of the molecule is O=C(CCn1nnc2ccccc2c1=O)NC[C@H]1CCS(=O)(=O)C1. The van der Waals surface area contributed by atoms with Gasteiger partial charge >= 0.3 is 0 Å². The van der Waals surface area contributed by atoms with Crippen LogP contribution in [0.4, 0.5) is 0 Å². The fourth-order valence-electron chi connectivity index (χ4n) is 2.76. The maximum Gasteiger partial charge on any atom is 0.277 e. The van der Waals surface area contributed by atoms with Crippen LogP contribution in [0.3, 0.4) is 0 Å². The molecule has 24 heavy (non-hydrogen) atoms. The van der Waals surface area contributed by atoms with Crippen molar-refractivity contribution in [2.24, 2.45) is 5.92 Å². The van der Waals surface area contributed by atoms with Gasteiger partial charge in [-0.1, -0.05) is 17.3 Å². The van der Waals surface area contributed by atoms with Gasteiger partial charge in [0.05, 0.1) is 23.4 Å². The van der Waals surface area contributed by atoms with Crippen molar-refractivity contribution in [3.05, 3.63) is 34.6 Å². The normalized spacial score (nSPS) is 19.4. The summed E-state index contributed by atoms with van der Waals surface area (Å²) >= 11 is 0. The minimum atomic E-state index is -2.94. The minimum Gasteiger partial charge on any atom is -0.356 e. The van der Waals surface area contributed by atoms with Crippen LogP contribution >= 0.6 is 0 Å². The summed E-state index contributed by atoms with van der Waals surface area (Å²) in [6.07, 6.45) is 0.671. The Labute approximate surface area is 138 Å². The third-order valence-corrected chi connectivity index (χ3v) is 5.93. The first-order valence-electron chi connectivity index (χ1n) is 7.74. The second kappa shape index (κ2) is 6.68. The van der Waals surface area contributed by atoms with Gasteiger partial charge in [-0.25, -0.2) is 13.1 Å². The van der Waals surface area contributed by atoms with Crippen LogP contribution in [0.5, 0.6) is 0 Å². The van der Waals surface area contributed by atoms with Crippen LogP contribution in [0.15, 0.2) is 29.1 Å². The van der Waals surface area contributed by atoms with E-state index in [2.05, 4.69) is 15.6 Å². The molecule has 2 heterocycles. The summed E-state index contributed by atoms with van der Waals surface area (Å²) < 4.78 is 23.9. The lowest BCUT2D eigenvalue weighted by molar-refractivity contribution is -0.121. The van der Waals surface area contributed by atoms with Crippen molar-refractivity contribution in [2.75, 3.05) is 18.1 Å². The Morgan fingerprint density at radius 3 is 2.88 bits per heavy atom. The topological polar surface area (TPSA) is 111 Å². The number of aromatic nitrogens is 3. The highest BCUT2D eigenvalue weighted by Crippen LogP contribution is 2.17. The van der Waals surface area contributed by atoms with E-state index in [1.54, 1.807) is 24.3 Å². The third-order valence-electron chi connectivity index (χ3n) is 4.09. The van der Waals surface area contributed by atoms with Crippen LogP contribution in [-0.2, 0) is 21.2 Å². The zero-order valence-electron chi connectivity index (χ0n) is 13.0. The molecule has 1 atom stereocenters. The number of sulfone groups is 1. The molecule has 3 rings (SSSR count). The molecule has 1 aliphatic rings. The highest BCUT2D eigenvalue weighted by atomic mass is 32.2. The first-order valence-corrected chi connectivity index (χ1v) is 9.56. The van der Waals surface area contributed by atoms with Crippen molar-refractivity contribution < 1.29 is 13.2 Å². The van der Waals surface area contributed by atoms with Gasteiger partial charge in [0.15, 0.2) is 9.84 Å². The van der Waals surface area contributed by atoms with Gasteiger partial charge in [0.1, 0.15) is 5.52 Å². The fraction of sp³-hybridized carbons (Fsp3) is 0.467. The molecule has 0 radical (unpaired) electrons. The second-order valence-electron chi connectivity index (χ2n) is 5.96. The molecule has 1 fully saturated rings. The Kier molecular flexibility index (Phi) is 4.61. The average molecular weight is 350 g/mol. The molecule has 0 aliphatic carbocycles. The molecule has 1 aromatic heterocycles. The van der Waals surface area contributed by atoms with E-state index >= 15 is 0 Å². The highest BCUT2D eigenvalue weighted by molar-refractivity contribution is 7.91. The molecule has 1 aliphatic heterocycles. The summed E-state index contributed by atoms with van der Waals surface area (Å²) in [5.74, 6) is 0.0571. The average Bonchev–Trinajstić information content (AvgIpc) is 2.92. The third kappa shape index (κ3) is 3.78. The predicted molar refractivity (Wildman–Crippen MR) is 88.2 cm³/mol. The minimum absolute atomic E-state index is 0.0258. The van der Waals surface area contributed by atoms with E-state index < -0.39 is 9.84 Å². The van der Waals surface area contributed by atoms with Crippen LogP contribution < -0.4 is 10.9 Å². The lowest BCUT2D eigenvalue weighted by Crippen LogP contribution is -2.32. The summed E-state index contributed by atoms with van der Waals surface area (Å²) in [4.78, 5) is 24.1. The number of hydrogen-bond acceptors (Lipinski definition) is 6. The van der Waals surface area contributed by atoms with Crippen LogP contribution in [0.25, 0.3) is 10.9 Å². The predicted octanol–water partition coefficient (Wildman–Crippen LogP) is -0.267. The summed E-state index contributed by atoms with van der Waals surface area (Å²) in [6, 6.07) is 6.90. The van der Waals surface area contributed by atoms with Gasteiger partial charge in [-0.3, -0.25) is 9.59 Å². The molecular weight excluding hydrogens is 332 g/mol. The molecule has 0 saturated carbocycles. The van der Waals surface area contributed by atoms with Crippen molar-refractivity contribution in [3.63, 3.8) is 0 Å². The number of hydrogen-bond donors (Lipinski definition) is 1. The first kappa shape index (κ1) is 16.6. The number of carbonyl (C=O) groups is 1. The number of nitrogens with zero attached hydrogens (tertiary/aromatic N) is 3. The van der Waals surface area contributed by atoms with Crippen molar-refractivity contribution >= 4 is 26.6 Å². The molecule has 0 bridgehead atoms. The van der Waals surface area contributed by atoms with Gasteiger partial charge in [0.2, 0.25) is 5.91 Å². The number of amides is 1. The second-order valence-corrected chi connectivity index (χ2v) is 8.19. The lowest BCUT2D eigenvalue weighted by Gasteiger charge is -2.10. The number of rotatable bonds is 5. The number of carbonyl (C=O) groups excluding carboxylic acids is 1. The molecule has 8 nitrogen and oxygen atoms in total. The van der Waals surface area contributed by atoms with Crippen LogP contribution in [-0.4, -0.2) is 47.4 Å². The molecule has 9 heteroatoms. The van der Waals surface area contributed by atoms with Crippen LogP contribution in [0, 0.1) is 5.92 Å². The quantitative estimate of drug-likeness (QED) is 0.795. The highest BCUT2D eigenvalue weighted by Gasteiger charge is 2.27. The van der Waals surface area contributed by atoms with E-state index in [1.165, 1.54) is 4.68 Å². The van der Waals surface area contributed by atoms with E-state index in [0.717, 1.165) is 0 Å². The molecule has 1 N–H and O–H groups in total. The fourth-order valence-corrected chi connectivity index (χ4v) is 4.62. The molecule has 0 spiro atoms. The summed E-state index contributed by atoms with van der Waals surface area (Å²) in [5, 5.41) is 11.0. The Hall–Kier alpha value is -2.29. The maximum atomic E-state index is 12.2. The van der Waals surface area contributed by atoms with Crippen molar-refractivity contribution in [2.45, 2.75) is 19.4 Å². The van der Waals surface area contributed by atoms with Gasteiger partial charge in [0.25, 0.3) is 5.56 Å². The largest absolute Gasteiger partial charge is 0.356 e. The Morgan fingerprint density at radius 1 is 1.33 bits per heavy atom. The van der Waals surface area contributed by atoms with Crippen molar-refractivity contribution in [1.29, 1.82) is 0 Å². The molecule has 1 amide bonds. The Bertz CT molecular complexity index is 922. The zero-order chi connectivity index (χ0) is 17.2. The molecule has 128 valence electrons. The standard InChI is InChI=1S/C15H18N4O4S/c20-14(16-9-11-6-8-24(22,23)10-11)5-7-19-15(21)12-3-1-2-4-13(12)17-18-19/h1-4,11H,5-10H2,(H,16,20)/t11-/m1/s1. The Morgan fingerprint density at radius 2 is 2.12 bits per heavy atom. The van der Waals surface area contributed by atoms with Crippen molar-refractivity contribution in [3.8, 4) is 0 Å².